The third-order valence-electron chi connectivity index (χ3n) is 4.52. The molecule has 0 aliphatic heterocycles. The normalized spacial score (nSPS) is 11.9. The SMILES string of the molecule is COc1cc(OC)c(OC)cc1CNC(=O)C[NH+](C)Cc1nc2ccccc2s1. The summed E-state index contributed by atoms with van der Waals surface area (Å²) in [6.45, 7) is 1.40. The molecule has 1 amide bonds. The summed E-state index contributed by atoms with van der Waals surface area (Å²) in [5, 5.41) is 3.98. The molecular weight excluding hydrogens is 390 g/mol. The predicted molar refractivity (Wildman–Crippen MR) is 113 cm³/mol. The van der Waals surface area contributed by atoms with Gasteiger partial charge in [-0.15, -0.1) is 11.3 Å². The molecule has 0 fully saturated rings. The fourth-order valence-corrected chi connectivity index (χ4v) is 4.16. The molecule has 154 valence electrons. The first-order valence-electron chi connectivity index (χ1n) is 9.25. The van der Waals surface area contributed by atoms with Gasteiger partial charge in [-0.25, -0.2) is 4.98 Å². The second-order valence-electron chi connectivity index (χ2n) is 6.68. The number of para-hydroxylation sites is 1. The average Bonchev–Trinajstić information content (AvgIpc) is 3.13. The summed E-state index contributed by atoms with van der Waals surface area (Å²) in [5.74, 6) is 1.77. The zero-order valence-corrected chi connectivity index (χ0v) is 17.9. The lowest BCUT2D eigenvalue weighted by atomic mass is 10.1. The number of quaternary nitrogens is 1. The molecule has 3 aromatic rings. The lowest BCUT2D eigenvalue weighted by Crippen LogP contribution is -3.08. The van der Waals surface area contributed by atoms with Gasteiger partial charge in [0.05, 0.1) is 38.6 Å². The van der Waals surface area contributed by atoms with Crippen molar-refractivity contribution in [1.29, 1.82) is 0 Å². The Morgan fingerprint density at radius 1 is 1.07 bits per heavy atom. The van der Waals surface area contributed by atoms with E-state index in [1.165, 1.54) is 4.70 Å². The highest BCUT2D eigenvalue weighted by molar-refractivity contribution is 7.18. The third kappa shape index (κ3) is 5.16. The Hall–Kier alpha value is -2.84. The van der Waals surface area contributed by atoms with Crippen LogP contribution in [0.5, 0.6) is 17.2 Å². The van der Waals surface area contributed by atoms with Gasteiger partial charge in [0, 0.05) is 18.2 Å². The minimum atomic E-state index is -0.0413. The molecule has 1 heterocycles. The molecule has 3 rings (SSSR count). The van der Waals surface area contributed by atoms with Crippen molar-refractivity contribution in [3.63, 3.8) is 0 Å². The summed E-state index contributed by atoms with van der Waals surface area (Å²) in [6.07, 6.45) is 0. The second-order valence-corrected chi connectivity index (χ2v) is 7.80. The number of methoxy groups -OCH3 is 3. The van der Waals surface area contributed by atoms with Gasteiger partial charge in [0.15, 0.2) is 18.0 Å². The first-order chi connectivity index (χ1) is 14.0. The Morgan fingerprint density at radius 3 is 2.45 bits per heavy atom. The summed E-state index contributed by atoms with van der Waals surface area (Å²) < 4.78 is 17.2. The van der Waals surface area contributed by atoms with Crippen LogP contribution in [-0.4, -0.2) is 45.8 Å². The van der Waals surface area contributed by atoms with Crippen molar-refractivity contribution in [1.82, 2.24) is 10.3 Å². The van der Waals surface area contributed by atoms with Crippen LogP contribution in [0.4, 0.5) is 0 Å². The summed E-state index contributed by atoms with van der Waals surface area (Å²) in [6, 6.07) is 11.6. The van der Waals surface area contributed by atoms with Gasteiger partial charge in [0.2, 0.25) is 0 Å². The molecule has 0 saturated heterocycles. The number of amides is 1. The monoisotopic (exact) mass is 416 g/mol. The van der Waals surface area contributed by atoms with E-state index in [1.807, 2.05) is 31.3 Å². The standard InChI is InChI=1S/C21H25N3O4S/c1-24(13-21-23-15-7-5-6-8-19(15)29-21)12-20(25)22-11-14-9-17(27-3)18(28-4)10-16(14)26-2/h5-10H,11-13H2,1-4H3,(H,22,25)/p+1. The average molecular weight is 417 g/mol. The molecule has 0 radical (unpaired) electrons. The van der Waals surface area contributed by atoms with Crippen LogP contribution in [0.1, 0.15) is 10.6 Å². The Morgan fingerprint density at radius 2 is 1.76 bits per heavy atom. The van der Waals surface area contributed by atoms with Gasteiger partial charge in [-0.05, 0) is 18.2 Å². The minimum Gasteiger partial charge on any atom is -0.496 e. The molecule has 1 aromatic heterocycles. The molecule has 0 bridgehead atoms. The lowest BCUT2D eigenvalue weighted by molar-refractivity contribution is -0.885. The van der Waals surface area contributed by atoms with Gasteiger partial charge < -0.3 is 24.4 Å². The number of hydrogen-bond acceptors (Lipinski definition) is 6. The maximum Gasteiger partial charge on any atom is 0.275 e. The number of thiazole rings is 1. The Balaban J connectivity index is 1.57. The molecule has 2 N–H and O–H groups in total. The molecule has 1 unspecified atom stereocenters. The van der Waals surface area contributed by atoms with Crippen molar-refractivity contribution in [2.24, 2.45) is 0 Å². The van der Waals surface area contributed by atoms with Crippen LogP contribution in [-0.2, 0) is 17.9 Å². The van der Waals surface area contributed by atoms with Crippen molar-refractivity contribution >= 4 is 27.5 Å². The lowest BCUT2D eigenvalue weighted by Gasteiger charge is -2.15. The second kappa shape index (κ2) is 9.58. The van der Waals surface area contributed by atoms with Gasteiger partial charge in [0.25, 0.3) is 5.91 Å². The fourth-order valence-electron chi connectivity index (χ4n) is 3.08. The highest BCUT2D eigenvalue weighted by atomic mass is 32.1. The Labute approximate surface area is 174 Å². The number of aromatic nitrogens is 1. The van der Waals surface area contributed by atoms with E-state index in [2.05, 4.69) is 16.4 Å². The first-order valence-corrected chi connectivity index (χ1v) is 10.1. The summed E-state index contributed by atoms with van der Waals surface area (Å²) in [4.78, 5) is 18.1. The van der Waals surface area contributed by atoms with Gasteiger partial charge in [-0.2, -0.15) is 0 Å². The van der Waals surface area contributed by atoms with Gasteiger partial charge in [-0.3, -0.25) is 4.79 Å². The van der Waals surface area contributed by atoms with Gasteiger partial charge >= 0.3 is 0 Å². The van der Waals surface area contributed by atoms with Crippen molar-refractivity contribution in [2.75, 3.05) is 34.9 Å². The Bertz CT molecular complexity index is 956. The number of benzene rings is 2. The van der Waals surface area contributed by atoms with E-state index in [0.29, 0.717) is 36.9 Å². The van der Waals surface area contributed by atoms with Crippen molar-refractivity contribution < 1.29 is 23.9 Å². The van der Waals surface area contributed by atoms with E-state index in [-0.39, 0.29) is 5.91 Å². The number of ether oxygens (including phenoxy) is 3. The largest absolute Gasteiger partial charge is 0.496 e. The summed E-state index contributed by atoms with van der Waals surface area (Å²) >= 11 is 1.67. The van der Waals surface area contributed by atoms with E-state index < -0.39 is 0 Å². The molecule has 0 aliphatic carbocycles. The highest BCUT2D eigenvalue weighted by Gasteiger charge is 2.16. The third-order valence-corrected chi connectivity index (χ3v) is 5.55. The number of nitrogens with zero attached hydrogens (tertiary/aromatic N) is 1. The van der Waals surface area contributed by atoms with Gasteiger partial charge in [0.1, 0.15) is 17.3 Å². The molecule has 1 atom stereocenters. The first kappa shape index (κ1) is 20.9. The molecule has 0 spiro atoms. The van der Waals surface area contributed by atoms with E-state index in [1.54, 1.807) is 38.7 Å². The number of rotatable bonds is 9. The quantitative estimate of drug-likeness (QED) is 0.555. The van der Waals surface area contributed by atoms with Crippen LogP contribution < -0.4 is 24.4 Å². The van der Waals surface area contributed by atoms with Crippen LogP contribution in [0, 0.1) is 0 Å². The zero-order chi connectivity index (χ0) is 20.8. The highest BCUT2D eigenvalue weighted by Crippen LogP contribution is 2.34. The number of nitrogens with one attached hydrogen (secondary N) is 2. The van der Waals surface area contributed by atoms with Crippen LogP contribution in [0.25, 0.3) is 10.2 Å². The van der Waals surface area contributed by atoms with E-state index >= 15 is 0 Å². The van der Waals surface area contributed by atoms with Crippen LogP contribution in [0.2, 0.25) is 0 Å². The van der Waals surface area contributed by atoms with E-state index in [0.717, 1.165) is 21.0 Å². The van der Waals surface area contributed by atoms with Crippen LogP contribution in [0.3, 0.4) is 0 Å². The number of carbonyl (C=O) groups excluding carboxylic acids is 1. The van der Waals surface area contributed by atoms with Crippen molar-refractivity contribution in [2.45, 2.75) is 13.1 Å². The molecule has 0 saturated carbocycles. The number of carbonyl (C=O) groups is 1. The molecule has 7 nitrogen and oxygen atoms in total. The molecule has 29 heavy (non-hydrogen) atoms. The minimum absolute atomic E-state index is 0.0413. The van der Waals surface area contributed by atoms with E-state index in [9.17, 15) is 4.79 Å². The summed E-state index contributed by atoms with van der Waals surface area (Å²) in [7, 11) is 6.72. The maximum absolute atomic E-state index is 12.4. The topological polar surface area (TPSA) is 74.1 Å². The van der Waals surface area contributed by atoms with Crippen LogP contribution in [0.15, 0.2) is 36.4 Å². The van der Waals surface area contributed by atoms with Crippen LogP contribution >= 0.6 is 11.3 Å². The fraction of sp³-hybridized carbons (Fsp3) is 0.333. The zero-order valence-electron chi connectivity index (χ0n) is 17.1. The smallest absolute Gasteiger partial charge is 0.275 e. The van der Waals surface area contributed by atoms with Gasteiger partial charge in [-0.1, -0.05) is 12.1 Å². The molecular formula is C21H26N3O4S+. The number of likely N-dealkylation sites (N-methyl/N-ethyl adjacent to an activating group) is 1. The molecule has 2 aromatic carbocycles. The number of hydrogen-bond donors (Lipinski definition) is 2. The summed E-state index contributed by atoms with van der Waals surface area (Å²) in [5.41, 5.74) is 1.83. The molecule has 8 heteroatoms. The van der Waals surface area contributed by atoms with Crippen molar-refractivity contribution in [3.8, 4) is 17.2 Å². The predicted octanol–water partition coefficient (Wildman–Crippen LogP) is 1.65. The molecule has 0 aliphatic rings. The maximum atomic E-state index is 12.4. The van der Waals surface area contributed by atoms with Crippen molar-refractivity contribution in [3.05, 3.63) is 47.0 Å². The Kier molecular flexibility index (Phi) is 6.90. The van der Waals surface area contributed by atoms with E-state index in [4.69, 9.17) is 14.2 Å². The number of fused-ring (bicyclic) bond motifs is 1.